The number of hydrogen-bond donors (Lipinski definition) is 1. The van der Waals surface area contributed by atoms with Crippen LogP contribution in [0.1, 0.15) is 31.9 Å². The minimum absolute atomic E-state index is 0.0185. The Morgan fingerprint density at radius 1 is 1.19 bits per heavy atom. The number of hydrogen-bond acceptors (Lipinski definition) is 1. The van der Waals surface area contributed by atoms with E-state index in [1.54, 1.807) is 6.07 Å². The minimum Gasteiger partial charge on any atom is -0.352 e. The van der Waals surface area contributed by atoms with E-state index in [1.807, 2.05) is 30.3 Å². The van der Waals surface area contributed by atoms with Crippen LogP contribution in [0.3, 0.4) is 0 Å². The van der Waals surface area contributed by atoms with E-state index in [2.05, 4.69) is 21.2 Å². The van der Waals surface area contributed by atoms with Crippen molar-refractivity contribution in [2.75, 3.05) is 6.54 Å². The zero-order valence-electron chi connectivity index (χ0n) is 11.0. The monoisotopic (exact) mass is 383 g/mol. The lowest BCUT2D eigenvalue weighted by molar-refractivity contribution is 0.0946. The molecule has 5 heteroatoms. The molecule has 21 heavy (non-hydrogen) atoms. The van der Waals surface area contributed by atoms with E-state index in [4.69, 9.17) is 23.2 Å². The Bertz CT molecular complexity index is 717. The van der Waals surface area contributed by atoms with E-state index >= 15 is 0 Å². The van der Waals surface area contributed by atoms with Gasteiger partial charge in [-0.15, -0.1) is 0 Å². The fourth-order valence-corrected chi connectivity index (χ4v) is 3.70. The Balaban J connectivity index is 2.02. The molecule has 0 radical (unpaired) electrons. The number of halogens is 3. The van der Waals surface area contributed by atoms with Crippen molar-refractivity contribution in [3.8, 4) is 0 Å². The molecular weight excluding hydrogens is 373 g/mol. The molecule has 0 aliphatic carbocycles. The van der Waals surface area contributed by atoms with E-state index in [-0.39, 0.29) is 10.7 Å². The molecule has 1 aliphatic heterocycles. The van der Waals surface area contributed by atoms with E-state index in [0.29, 0.717) is 16.6 Å². The van der Waals surface area contributed by atoms with Crippen molar-refractivity contribution in [1.82, 2.24) is 5.32 Å². The van der Waals surface area contributed by atoms with Gasteiger partial charge in [-0.3, -0.25) is 4.79 Å². The van der Waals surface area contributed by atoms with E-state index in [0.717, 1.165) is 28.7 Å². The zero-order chi connectivity index (χ0) is 15.0. The zero-order valence-corrected chi connectivity index (χ0v) is 14.1. The van der Waals surface area contributed by atoms with Crippen LogP contribution in [0.5, 0.6) is 0 Å². The molecule has 1 aliphatic rings. The van der Waals surface area contributed by atoms with Gasteiger partial charge in [0, 0.05) is 12.1 Å². The molecule has 108 valence electrons. The van der Waals surface area contributed by atoms with Gasteiger partial charge in [0.1, 0.15) is 0 Å². The average molecular weight is 385 g/mol. The predicted octanol–water partition coefficient (Wildman–Crippen LogP) is 4.76. The maximum absolute atomic E-state index is 11.9. The summed E-state index contributed by atoms with van der Waals surface area (Å²) in [7, 11) is 0. The summed E-state index contributed by atoms with van der Waals surface area (Å²) in [4.78, 5) is 11.8. The lowest BCUT2D eigenvalue weighted by Gasteiger charge is -2.19. The highest BCUT2D eigenvalue weighted by atomic mass is 79.9. The molecule has 2 nitrogen and oxygen atoms in total. The highest BCUT2D eigenvalue weighted by molar-refractivity contribution is 9.09. The average Bonchev–Trinajstić information content (AvgIpc) is 2.49. The number of alkyl halides is 1. The second-order valence-corrected chi connectivity index (χ2v) is 6.63. The summed E-state index contributed by atoms with van der Waals surface area (Å²) in [5.74, 6) is -0.0185. The number of nitrogens with one attached hydrogen (secondary N) is 1. The van der Waals surface area contributed by atoms with Gasteiger partial charge in [-0.1, -0.05) is 63.4 Å². The molecule has 2 aromatic rings. The highest BCUT2D eigenvalue weighted by Crippen LogP contribution is 2.38. The van der Waals surface area contributed by atoms with Gasteiger partial charge in [0.15, 0.2) is 0 Å². The predicted molar refractivity (Wildman–Crippen MR) is 89.7 cm³/mol. The first-order chi connectivity index (χ1) is 10.1. The smallest absolute Gasteiger partial charge is 0.251 e. The normalized spacial score (nSPS) is 15.3. The molecule has 1 atom stereocenters. The summed E-state index contributed by atoms with van der Waals surface area (Å²) in [6.45, 7) is 0.697. The molecule has 0 spiro atoms. The summed E-state index contributed by atoms with van der Waals surface area (Å²) in [6.07, 6.45) is 0.867. The number of fused-ring (bicyclic) bond motifs is 1. The fraction of sp³-hybridized carbons (Fsp3) is 0.188. The van der Waals surface area contributed by atoms with Crippen molar-refractivity contribution in [3.63, 3.8) is 0 Å². The van der Waals surface area contributed by atoms with Crippen molar-refractivity contribution in [1.29, 1.82) is 0 Å². The van der Waals surface area contributed by atoms with Crippen LogP contribution in [0.4, 0.5) is 0 Å². The quantitative estimate of drug-likeness (QED) is 0.742. The third-order valence-electron chi connectivity index (χ3n) is 3.61. The summed E-state index contributed by atoms with van der Waals surface area (Å²) >= 11 is 16.0. The van der Waals surface area contributed by atoms with E-state index < -0.39 is 0 Å². The summed E-state index contributed by atoms with van der Waals surface area (Å²) in [5.41, 5.74) is 3.69. The van der Waals surface area contributed by atoms with Crippen LogP contribution in [-0.2, 0) is 6.42 Å². The highest BCUT2D eigenvalue weighted by Gasteiger charge is 2.21. The fourth-order valence-electron chi connectivity index (χ4n) is 2.48. The first-order valence-electron chi connectivity index (χ1n) is 6.57. The molecule has 3 rings (SSSR count). The van der Waals surface area contributed by atoms with Crippen LogP contribution in [-0.4, -0.2) is 12.5 Å². The van der Waals surface area contributed by atoms with Crippen molar-refractivity contribution in [3.05, 3.63) is 68.7 Å². The first kappa shape index (κ1) is 14.9. The number of rotatable bonds is 2. The van der Waals surface area contributed by atoms with Gasteiger partial charge in [0.05, 0.1) is 14.9 Å². The van der Waals surface area contributed by atoms with Crippen LogP contribution in [0.25, 0.3) is 0 Å². The molecule has 0 aromatic heterocycles. The maximum atomic E-state index is 11.9. The molecule has 0 saturated carbocycles. The van der Waals surface area contributed by atoms with E-state index in [1.165, 1.54) is 0 Å². The number of benzene rings is 2. The Hall–Kier alpha value is -1.03. The Morgan fingerprint density at radius 3 is 2.81 bits per heavy atom. The number of carbonyl (C=O) groups is 1. The van der Waals surface area contributed by atoms with Gasteiger partial charge in [-0.2, -0.15) is 0 Å². The number of amides is 1. The minimum atomic E-state index is -0.108. The third-order valence-corrected chi connectivity index (χ3v) is 5.46. The van der Waals surface area contributed by atoms with Crippen molar-refractivity contribution >= 4 is 45.0 Å². The molecule has 2 aromatic carbocycles. The first-order valence-corrected chi connectivity index (χ1v) is 8.24. The molecule has 1 N–H and O–H groups in total. The van der Waals surface area contributed by atoms with Crippen LogP contribution >= 0.6 is 39.1 Å². The topological polar surface area (TPSA) is 29.1 Å². The van der Waals surface area contributed by atoms with Gasteiger partial charge < -0.3 is 5.32 Å². The molecule has 0 saturated heterocycles. The van der Waals surface area contributed by atoms with Crippen molar-refractivity contribution in [2.45, 2.75) is 11.2 Å². The Labute approximate surface area is 141 Å². The van der Waals surface area contributed by atoms with Gasteiger partial charge in [-0.05, 0) is 35.2 Å². The molecule has 1 unspecified atom stereocenters. The Morgan fingerprint density at radius 2 is 2.00 bits per heavy atom. The van der Waals surface area contributed by atoms with Gasteiger partial charge in [-0.25, -0.2) is 0 Å². The maximum Gasteiger partial charge on any atom is 0.251 e. The second-order valence-electron chi connectivity index (χ2n) is 4.93. The van der Waals surface area contributed by atoms with Gasteiger partial charge >= 0.3 is 0 Å². The Kier molecular flexibility index (Phi) is 4.25. The van der Waals surface area contributed by atoms with Gasteiger partial charge in [0.2, 0.25) is 0 Å². The lowest BCUT2D eigenvalue weighted by atomic mass is 9.95. The second kappa shape index (κ2) is 5.99. The summed E-state index contributed by atoms with van der Waals surface area (Å²) in [5, 5.41) is 3.92. The molecular formula is C16H12BrCl2NO. The molecule has 1 heterocycles. The summed E-state index contributed by atoms with van der Waals surface area (Å²) < 4.78 is 0. The van der Waals surface area contributed by atoms with Crippen LogP contribution in [0.2, 0.25) is 10.0 Å². The SMILES string of the molecule is O=C1NCCc2ccc(C(Br)c3cccc(Cl)c3Cl)cc21. The van der Waals surface area contributed by atoms with E-state index in [9.17, 15) is 4.79 Å². The van der Waals surface area contributed by atoms with Crippen LogP contribution in [0, 0.1) is 0 Å². The van der Waals surface area contributed by atoms with Crippen molar-refractivity contribution < 1.29 is 4.79 Å². The van der Waals surface area contributed by atoms with Crippen LogP contribution < -0.4 is 5.32 Å². The lowest BCUT2D eigenvalue weighted by Crippen LogP contribution is -2.31. The molecule has 1 amide bonds. The standard InChI is InChI=1S/C16H12BrCl2NO/c17-14(11-2-1-3-13(18)15(11)19)10-5-4-9-6-7-20-16(21)12(9)8-10/h1-5,8,14H,6-7H2,(H,20,21). The molecule has 0 fully saturated rings. The largest absolute Gasteiger partial charge is 0.352 e. The van der Waals surface area contributed by atoms with Gasteiger partial charge in [0.25, 0.3) is 5.91 Å². The number of carbonyl (C=O) groups excluding carboxylic acids is 1. The summed E-state index contributed by atoms with van der Waals surface area (Å²) in [6, 6.07) is 11.5. The molecule has 0 bridgehead atoms. The van der Waals surface area contributed by atoms with Crippen molar-refractivity contribution in [2.24, 2.45) is 0 Å². The van der Waals surface area contributed by atoms with Crippen LogP contribution in [0.15, 0.2) is 36.4 Å². The third kappa shape index (κ3) is 2.83.